The summed E-state index contributed by atoms with van der Waals surface area (Å²) in [4.78, 5) is 0. The second kappa shape index (κ2) is 4.93. The van der Waals surface area contributed by atoms with Crippen LogP contribution in [0.5, 0.6) is 0 Å². The first-order chi connectivity index (χ1) is 8.39. The van der Waals surface area contributed by atoms with Crippen molar-refractivity contribution in [2.24, 2.45) is 5.92 Å². The van der Waals surface area contributed by atoms with Crippen LogP contribution < -0.4 is 0 Å². The molecule has 0 aliphatic carbocycles. The molecular weight excluding hydrogens is 262 g/mol. The zero-order chi connectivity index (χ0) is 13.3. The van der Waals surface area contributed by atoms with Crippen molar-refractivity contribution >= 4 is 9.84 Å². The van der Waals surface area contributed by atoms with Crippen LogP contribution in [-0.4, -0.2) is 25.0 Å². The van der Waals surface area contributed by atoms with Crippen molar-refractivity contribution in [3.8, 4) is 0 Å². The summed E-state index contributed by atoms with van der Waals surface area (Å²) in [6, 6.07) is 3.61. The Morgan fingerprint density at radius 3 is 2.72 bits per heavy atom. The van der Waals surface area contributed by atoms with Gasteiger partial charge in [-0.25, -0.2) is 17.2 Å². The third-order valence-electron chi connectivity index (χ3n) is 3.22. The number of aliphatic hydroxyl groups is 1. The molecule has 1 aromatic rings. The Kier molecular flexibility index (Phi) is 3.68. The molecule has 0 saturated carbocycles. The van der Waals surface area contributed by atoms with E-state index < -0.39 is 27.6 Å². The number of hydrogen-bond acceptors (Lipinski definition) is 3. The van der Waals surface area contributed by atoms with Gasteiger partial charge < -0.3 is 5.11 Å². The first-order valence-corrected chi connectivity index (χ1v) is 7.53. The van der Waals surface area contributed by atoms with Crippen molar-refractivity contribution in [1.29, 1.82) is 0 Å². The van der Waals surface area contributed by atoms with Gasteiger partial charge in [-0.3, -0.25) is 0 Å². The standard InChI is InChI=1S/C12H14F2O3S/c13-10-3-1-2-9(12(10)14)11(15)6-8-4-5-18(16,17)7-8/h1-3,8,11,15H,4-7H2. The predicted molar refractivity (Wildman–Crippen MR) is 62.7 cm³/mol. The Labute approximate surface area is 104 Å². The monoisotopic (exact) mass is 276 g/mol. The zero-order valence-electron chi connectivity index (χ0n) is 9.64. The molecule has 2 unspecified atom stereocenters. The molecule has 1 saturated heterocycles. The number of halogens is 2. The first-order valence-electron chi connectivity index (χ1n) is 5.71. The highest BCUT2D eigenvalue weighted by molar-refractivity contribution is 7.91. The van der Waals surface area contributed by atoms with Crippen molar-refractivity contribution in [1.82, 2.24) is 0 Å². The second-order valence-corrected chi connectivity index (χ2v) is 6.89. The Morgan fingerprint density at radius 1 is 1.39 bits per heavy atom. The lowest BCUT2D eigenvalue weighted by Crippen LogP contribution is -2.11. The van der Waals surface area contributed by atoms with E-state index >= 15 is 0 Å². The SMILES string of the molecule is O=S1(=O)CCC(CC(O)c2cccc(F)c2F)C1. The van der Waals surface area contributed by atoms with Crippen LogP contribution in [-0.2, 0) is 9.84 Å². The molecule has 18 heavy (non-hydrogen) atoms. The van der Waals surface area contributed by atoms with E-state index in [1.54, 1.807) is 0 Å². The van der Waals surface area contributed by atoms with Crippen LogP contribution in [0.1, 0.15) is 24.5 Å². The molecular formula is C12H14F2O3S. The molecule has 6 heteroatoms. The fraction of sp³-hybridized carbons (Fsp3) is 0.500. The molecule has 100 valence electrons. The van der Waals surface area contributed by atoms with E-state index in [1.165, 1.54) is 12.1 Å². The van der Waals surface area contributed by atoms with Crippen molar-refractivity contribution in [2.75, 3.05) is 11.5 Å². The van der Waals surface area contributed by atoms with Gasteiger partial charge in [0.1, 0.15) is 0 Å². The third kappa shape index (κ3) is 2.87. The summed E-state index contributed by atoms with van der Waals surface area (Å²) in [5.74, 6) is -2.14. The van der Waals surface area contributed by atoms with E-state index in [-0.39, 0.29) is 29.4 Å². The van der Waals surface area contributed by atoms with E-state index in [0.29, 0.717) is 6.42 Å². The smallest absolute Gasteiger partial charge is 0.164 e. The molecule has 2 atom stereocenters. The van der Waals surface area contributed by atoms with Crippen LogP contribution in [0.15, 0.2) is 18.2 Å². The average molecular weight is 276 g/mol. The second-order valence-electron chi connectivity index (χ2n) is 4.66. The van der Waals surface area contributed by atoms with Gasteiger partial charge in [0.15, 0.2) is 21.5 Å². The summed E-state index contributed by atoms with van der Waals surface area (Å²) < 4.78 is 48.9. The predicted octanol–water partition coefficient (Wildman–Crippen LogP) is 1.82. The van der Waals surface area contributed by atoms with Crippen molar-refractivity contribution in [3.63, 3.8) is 0 Å². The lowest BCUT2D eigenvalue weighted by molar-refractivity contribution is 0.143. The molecule has 0 radical (unpaired) electrons. The Bertz CT molecular complexity index is 542. The molecule has 2 rings (SSSR count). The highest BCUT2D eigenvalue weighted by Gasteiger charge is 2.30. The zero-order valence-corrected chi connectivity index (χ0v) is 10.5. The van der Waals surface area contributed by atoms with Crippen LogP contribution in [0.2, 0.25) is 0 Å². The summed E-state index contributed by atoms with van der Waals surface area (Å²) in [5.41, 5.74) is -0.112. The van der Waals surface area contributed by atoms with E-state index in [9.17, 15) is 22.3 Å². The van der Waals surface area contributed by atoms with E-state index in [4.69, 9.17) is 0 Å². The molecule has 1 fully saturated rings. The minimum absolute atomic E-state index is 0.0149. The highest BCUT2D eigenvalue weighted by Crippen LogP contribution is 2.30. The molecule has 1 N–H and O–H groups in total. The van der Waals surface area contributed by atoms with Gasteiger partial charge in [0.25, 0.3) is 0 Å². The largest absolute Gasteiger partial charge is 0.388 e. The number of hydrogen-bond donors (Lipinski definition) is 1. The van der Waals surface area contributed by atoms with Crippen molar-refractivity contribution in [2.45, 2.75) is 18.9 Å². The number of sulfone groups is 1. The first kappa shape index (κ1) is 13.4. The van der Waals surface area contributed by atoms with Crippen LogP contribution in [0.25, 0.3) is 0 Å². The quantitative estimate of drug-likeness (QED) is 0.916. The molecule has 1 aliphatic rings. The minimum atomic E-state index is -3.02. The van der Waals surface area contributed by atoms with Crippen LogP contribution in [0.4, 0.5) is 8.78 Å². The summed E-state index contributed by atoms with van der Waals surface area (Å²) in [6.45, 7) is 0. The summed E-state index contributed by atoms with van der Waals surface area (Å²) in [6.07, 6.45) is -0.561. The van der Waals surface area contributed by atoms with Crippen LogP contribution >= 0.6 is 0 Å². The topological polar surface area (TPSA) is 54.4 Å². The Morgan fingerprint density at radius 2 is 2.11 bits per heavy atom. The van der Waals surface area contributed by atoms with E-state index in [1.807, 2.05) is 0 Å². The highest BCUT2D eigenvalue weighted by atomic mass is 32.2. The normalized spacial score (nSPS) is 24.1. The molecule has 0 amide bonds. The maximum atomic E-state index is 13.4. The molecule has 0 aromatic heterocycles. The summed E-state index contributed by atoms with van der Waals surface area (Å²) in [5, 5.41) is 9.85. The number of rotatable bonds is 3. The van der Waals surface area contributed by atoms with E-state index in [0.717, 1.165) is 6.07 Å². The number of aliphatic hydroxyl groups excluding tert-OH is 1. The van der Waals surface area contributed by atoms with Crippen LogP contribution in [0.3, 0.4) is 0 Å². The van der Waals surface area contributed by atoms with Gasteiger partial charge in [0.05, 0.1) is 17.6 Å². The fourth-order valence-electron chi connectivity index (χ4n) is 2.28. The lowest BCUT2D eigenvalue weighted by Gasteiger charge is -2.15. The average Bonchev–Trinajstić information content (AvgIpc) is 2.62. The molecule has 1 aromatic carbocycles. The molecule has 0 spiro atoms. The summed E-state index contributed by atoms with van der Waals surface area (Å²) in [7, 11) is -3.02. The van der Waals surface area contributed by atoms with Gasteiger partial charge >= 0.3 is 0 Å². The molecule has 1 heterocycles. The third-order valence-corrected chi connectivity index (χ3v) is 5.06. The maximum Gasteiger partial charge on any atom is 0.164 e. The fourth-order valence-corrected chi connectivity index (χ4v) is 4.16. The van der Waals surface area contributed by atoms with Gasteiger partial charge in [-0.05, 0) is 24.8 Å². The van der Waals surface area contributed by atoms with Gasteiger partial charge in [0, 0.05) is 5.56 Å². The van der Waals surface area contributed by atoms with Gasteiger partial charge in [-0.2, -0.15) is 0 Å². The maximum absolute atomic E-state index is 13.4. The van der Waals surface area contributed by atoms with E-state index in [2.05, 4.69) is 0 Å². The van der Waals surface area contributed by atoms with Crippen LogP contribution in [0, 0.1) is 17.6 Å². The molecule has 0 bridgehead atoms. The lowest BCUT2D eigenvalue weighted by atomic mass is 9.96. The van der Waals surface area contributed by atoms with Gasteiger partial charge in [-0.15, -0.1) is 0 Å². The van der Waals surface area contributed by atoms with Gasteiger partial charge in [0.2, 0.25) is 0 Å². The van der Waals surface area contributed by atoms with Gasteiger partial charge in [-0.1, -0.05) is 12.1 Å². The summed E-state index contributed by atoms with van der Waals surface area (Å²) >= 11 is 0. The minimum Gasteiger partial charge on any atom is -0.388 e. The molecule has 3 nitrogen and oxygen atoms in total. The number of benzene rings is 1. The van der Waals surface area contributed by atoms with Crippen molar-refractivity contribution < 1.29 is 22.3 Å². The Balaban J connectivity index is 2.09. The molecule has 1 aliphatic heterocycles. The van der Waals surface area contributed by atoms with Crippen molar-refractivity contribution in [3.05, 3.63) is 35.4 Å². The Hall–Kier alpha value is -1.01.